The zero-order chi connectivity index (χ0) is 43.0. The lowest BCUT2D eigenvalue weighted by molar-refractivity contribution is -0.302. The van der Waals surface area contributed by atoms with Crippen molar-refractivity contribution in [1.82, 2.24) is 5.32 Å². The third-order valence-corrected chi connectivity index (χ3v) is 12.0. The topological polar surface area (TPSA) is 149 Å². The van der Waals surface area contributed by atoms with E-state index in [-0.39, 0.29) is 12.5 Å². The molecule has 0 aromatic heterocycles. The van der Waals surface area contributed by atoms with Crippen molar-refractivity contribution in [3.05, 3.63) is 24.3 Å². The normalized spacial score (nSPS) is 20.8. The van der Waals surface area contributed by atoms with Crippen molar-refractivity contribution >= 4 is 5.91 Å². The van der Waals surface area contributed by atoms with Crippen LogP contribution in [0.15, 0.2) is 24.3 Å². The number of ether oxygens (including phenoxy) is 2. The fourth-order valence-electron chi connectivity index (χ4n) is 7.97. The van der Waals surface area contributed by atoms with E-state index < -0.39 is 49.5 Å². The third-order valence-electron chi connectivity index (χ3n) is 12.0. The number of nitrogens with one attached hydrogen (secondary N) is 1. The Bertz CT molecular complexity index is 977. The second kappa shape index (κ2) is 40.7. The van der Waals surface area contributed by atoms with Gasteiger partial charge in [0.05, 0.1) is 25.4 Å². The zero-order valence-electron chi connectivity index (χ0n) is 38.3. The smallest absolute Gasteiger partial charge is 0.220 e. The van der Waals surface area contributed by atoms with Gasteiger partial charge in [-0.2, -0.15) is 0 Å². The summed E-state index contributed by atoms with van der Waals surface area (Å²) in [7, 11) is 0. The first-order chi connectivity index (χ1) is 28.8. The molecule has 9 heteroatoms. The lowest BCUT2D eigenvalue weighted by Crippen LogP contribution is -2.60. The molecule has 1 fully saturated rings. The van der Waals surface area contributed by atoms with Crippen molar-refractivity contribution in [1.29, 1.82) is 0 Å². The molecule has 7 unspecified atom stereocenters. The summed E-state index contributed by atoms with van der Waals surface area (Å²) < 4.78 is 11.2. The van der Waals surface area contributed by atoms with Gasteiger partial charge >= 0.3 is 0 Å². The first-order valence-electron chi connectivity index (χ1n) is 25.1. The maximum Gasteiger partial charge on any atom is 0.220 e. The van der Waals surface area contributed by atoms with E-state index in [1.54, 1.807) is 6.08 Å². The molecule has 0 saturated carbocycles. The highest BCUT2D eigenvalue weighted by molar-refractivity contribution is 5.76. The van der Waals surface area contributed by atoms with Crippen LogP contribution in [-0.4, -0.2) is 87.5 Å². The van der Waals surface area contributed by atoms with Crippen LogP contribution in [0.2, 0.25) is 0 Å². The number of hydrogen-bond acceptors (Lipinski definition) is 8. The van der Waals surface area contributed by atoms with Crippen molar-refractivity contribution in [2.45, 2.75) is 275 Å². The van der Waals surface area contributed by atoms with E-state index in [4.69, 9.17) is 9.47 Å². The van der Waals surface area contributed by atoms with Crippen LogP contribution in [0.1, 0.15) is 232 Å². The number of unbranched alkanes of at least 4 members (excludes halogenated alkanes) is 30. The van der Waals surface area contributed by atoms with Gasteiger partial charge in [0.15, 0.2) is 6.29 Å². The van der Waals surface area contributed by atoms with Gasteiger partial charge in [-0.25, -0.2) is 0 Å². The SMILES string of the molecule is CCCCCC/C=C\CCCCCCCCCC(=O)NC(COC1OC(CO)C(O)C(O)C1O)C(O)/C=C/CCCCCCCCCCCCCCCCCCCCC. The Morgan fingerprint density at radius 2 is 0.949 bits per heavy atom. The molecule has 7 atom stereocenters. The number of carbonyl (C=O) groups is 1. The Kier molecular flexibility index (Phi) is 38.4. The molecule has 59 heavy (non-hydrogen) atoms. The van der Waals surface area contributed by atoms with Crippen LogP contribution in [0, 0.1) is 0 Å². The number of hydrogen-bond donors (Lipinski definition) is 6. The van der Waals surface area contributed by atoms with Crippen LogP contribution in [-0.2, 0) is 14.3 Å². The fourth-order valence-corrected chi connectivity index (χ4v) is 7.97. The van der Waals surface area contributed by atoms with Gasteiger partial charge in [0, 0.05) is 6.42 Å². The van der Waals surface area contributed by atoms with E-state index in [1.165, 1.54) is 167 Å². The van der Waals surface area contributed by atoms with Crippen LogP contribution in [0.4, 0.5) is 0 Å². The van der Waals surface area contributed by atoms with Crippen molar-refractivity contribution in [3.8, 4) is 0 Å². The largest absolute Gasteiger partial charge is 0.394 e. The lowest BCUT2D eigenvalue weighted by Gasteiger charge is -2.40. The second-order valence-corrected chi connectivity index (χ2v) is 17.6. The summed E-state index contributed by atoms with van der Waals surface area (Å²) in [5.74, 6) is -0.180. The van der Waals surface area contributed by atoms with E-state index >= 15 is 0 Å². The molecule has 1 heterocycles. The minimum atomic E-state index is -1.56. The quantitative estimate of drug-likeness (QED) is 0.0263. The number of aliphatic hydroxyl groups is 5. The minimum Gasteiger partial charge on any atom is -0.394 e. The standard InChI is InChI=1S/C50H95NO8/c1-3-5-7-9-11-13-15-17-19-20-21-22-23-24-26-27-29-31-33-35-37-39-44(53)43(42-58-50-49(57)48(56)47(55)45(41-52)59-50)51-46(54)40-38-36-34-32-30-28-25-18-16-14-12-10-8-6-4-2/h14,16,37,39,43-45,47-50,52-53,55-57H,3-13,15,17-36,38,40-42H2,1-2H3,(H,51,54)/b16-14-,39-37+. The maximum atomic E-state index is 13.0. The Labute approximate surface area is 362 Å². The highest BCUT2D eigenvalue weighted by Gasteiger charge is 2.44. The minimum absolute atomic E-state index is 0.180. The van der Waals surface area contributed by atoms with Gasteiger partial charge in [-0.15, -0.1) is 0 Å². The van der Waals surface area contributed by atoms with Gasteiger partial charge in [-0.3, -0.25) is 4.79 Å². The molecule has 0 aromatic carbocycles. The number of carbonyl (C=O) groups excluding carboxylic acids is 1. The number of rotatable bonds is 42. The average Bonchev–Trinajstić information content (AvgIpc) is 3.23. The molecular formula is C50H95NO8. The predicted molar refractivity (Wildman–Crippen MR) is 244 cm³/mol. The number of allylic oxidation sites excluding steroid dienone is 3. The summed E-state index contributed by atoms with van der Waals surface area (Å²) in [5, 5.41) is 54.3. The molecular weight excluding hydrogens is 743 g/mol. The van der Waals surface area contributed by atoms with Crippen molar-refractivity contribution < 1.29 is 39.8 Å². The molecule has 348 valence electrons. The first-order valence-corrected chi connectivity index (χ1v) is 25.1. The number of amides is 1. The fraction of sp³-hybridized carbons (Fsp3) is 0.900. The first kappa shape index (κ1) is 55.7. The Morgan fingerprint density at radius 3 is 1.39 bits per heavy atom. The van der Waals surface area contributed by atoms with Crippen molar-refractivity contribution in [3.63, 3.8) is 0 Å². The molecule has 1 aliphatic heterocycles. The molecule has 6 N–H and O–H groups in total. The van der Waals surface area contributed by atoms with E-state index in [9.17, 15) is 30.3 Å². The Balaban J connectivity index is 2.30. The van der Waals surface area contributed by atoms with Crippen LogP contribution in [0.5, 0.6) is 0 Å². The molecule has 0 bridgehead atoms. The van der Waals surface area contributed by atoms with Gasteiger partial charge in [0.2, 0.25) is 5.91 Å². The zero-order valence-corrected chi connectivity index (χ0v) is 38.3. The molecule has 1 rings (SSSR count). The molecule has 0 spiro atoms. The molecule has 1 aliphatic rings. The van der Waals surface area contributed by atoms with Gasteiger partial charge in [-0.1, -0.05) is 205 Å². The van der Waals surface area contributed by atoms with Crippen LogP contribution in [0.3, 0.4) is 0 Å². The molecule has 1 saturated heterocycles. The summed E-state index contributed by atoms with van der Waals surface area (Å²) in [6.07, 6.45) is 42.2. The van der Waals surface area contributed by atoms with Gasteiger partial charge < -0.3 is 40.3 Å². The molecule has 0 aliphatic carbocycles. The summed E-state index contributed by atoms with van der Waals surface area (Å²) in [6.45, 7) is 3.77. The van der Waals surface area contributed by atoms with E-state index in [2.05, 4.69) is 31.3 Å². The van der Waals surface area contributed by atoms with Gasteiger partial charge in [0.25, 0.3) is 0 Å². The van der Waals surface area contributed by atoms with Gasteiger partial charge in [-0.05, 0) is 44.9 Å². The predicted octanol–water partition coefficient (Wildman–Crippen LogP) is 11.1. The molecule has 1 amide bonds. The number of aliphatic hydroxyl groups excluding tert-OH is 5. The monoisotopic (exact) mass is 838 g/mol. The van der Waals surface area contributed by atoms with Crippen LogP contribution < -0.4 is 5.32 Å². The van der Waals surface area contributed by atoms with Gasteiger partial charge in [0.1, 0.15) is 24.4 Å². The Morgan fingerprint density at radius 1 is 0.559 bits per heavy atom. The second-order valence-electron chi connectivity index (χ2n) is 17.6. The Hall–Kier alpha value is -1.33. The lowest BCUT2D eigenvalue weighted by atomic mass is 9.99. The summed E-state index contributed by atoms with van der Waals surface area (Å²) in [5.41, 5.74) is 0. The summed E-state index contributed by atoms with van der Waals surface area (Å²) >= 11 is 0. The molecule has 9 nitrogen and oxygen atoms in total. The highest BCUT2D eigenvalue weighted by atomic mass is 16.7. The summed E-state index contributed by atoms with van der Waals surface area (Å²) in [6, 6.07) is -0.804. The molecule has 0 radical (unpaired) electrons. The third kappa shape index (κ3) is 31.2. The van der Waals surface area contributed by atoms with E-state index in [1.807, 2.05) is 6.08 Å². The molecule has 0 aromatic rings. The highest BCUT2D eigenvalue weighted by Crippen LogP contribution is 2.23. The van der Waals surface area contributed by atoms with Crippen molar-refractivity contribution in [2.75, 3.05) is 13.2 Å². The van der Waals surface area contributed by atoms with Crippen molar-refractivity contribution in [2.24, 2.45) is 0 Å². The van der Waals surface area contributed by atoms with E-state index in [0.717, 1.165) is 44.9 Å². The van der Waals surface area contributed by atoms with Crippen LogP contribution >= 0.6 is 0 Å². The maximum absolute atomic E-state index is 13.0. The van der Waals surface area contributed by atoms with Crippen LogP contribution in [0.25, 0.3) is 0 Å². The average molecular weight is 838 g/mol. The van der Waals surface area contributed by atoms with E-state index in [0.29, 0.717) is 6.42 Å². The summed E-state index contributed by atoms with van der Waals surface area (Å²) in [4.78, 5) is 13.0.